The molecule has 1 saturated heterocycles. The number of ether oxygens (including phenoxy) is 3. The Labute approximate surface area is 381 Å². The number of Topliss-reactive ketones (excluding diaryl/α,β-unsaturated/α-hetero) is 1. The fourth-order valence-corrected chi connectivity index (χ4v) is 7.45. The van der Waals surface area contributed by atoms with E-state index in [1.165, 1.54) is 13.0 Å². The van der Waals surface area contributed by atoms with Crippen LogP contribution in [0.5, 0.6) is 0 Å². The molecule has 370 valence electrons. The molecule has 0 aromatic heterocycles. The minimum Gasteiger partial charge on any atom is -0.481 e. The lowest BCUT2D eigenvalue weighted by molar-refractivity contribution is -0.277. The van der Waals surface area contributed by atoms with Gasteiger partial charge in [-0.2, -0.15) is 0 Å². The summed E-state index contributed by atoms with van der Waals surface area (Å²) in [7, 11) is 0. The van der Waals surface area contributed by atoms with Gasteiger partial charge in [0.1, 0.15) is 23.9 Å². The van der Waals surface area contributed by atoms with Crippen molar-refractivity contribution in [2.45, 2.75) is 184 Å². The number of cyclic esters (lactones) is 1. The molecule has 65 heavy (non-hydrogen) atoms. The van der Waals surface area contributed by atoms with Crippen molar-refractivity contribution < 1.29 is 84.8 Å². The number of carboxylic acids is 1. The molecule has 2 aliphatic rings. The standard InChI is InChI=1S/C47H75NO17/c1-27-17-15-13-11-9-7-5-6-8-10-12-14-16-18-35(65-47-45(60)42(48)44(59)30(4)64-47)26-39(56)41(46(61)62)38(55)24-34(52)23-37(54)36(53)20-19-31(49)21-32(50)22-33(51)25-40(57)63-29(3)28(2)43(27)58/h5-6,8,10-18,27-33,35-39,41-45,47,49-51,53-56,58-60H,7,9,19-26,48H2,1-4H3,(H,61,62)/b6-5-,10-8-,13-11-,14-12-,17-15-,18-16-/t27-,28-,29-,30-,31+,32+,33+,35+,36-,37+,38-,39+,41-,42+,43+,44-,45+,47+/m1/s1. The van der Waals surface area contributed by atoms with Crippen LogP contribution >= 0.6 is 0 Å². The Balaban J connectivity index is 2.26. The number of carbonyl (C=O) groups excluding carboxylic acids is 2. The molecule has 2 rings (SSSR count). The highest BCUT2D eigenvalue weighted by Crippen LogP contribution is 2.26. The first-order chi connectivity index (χ1) is 30.6. The molecular weight excluding hydrogens is 851 g/mol. The first kappa shape index (κ1) is 57.7. The van der Waals surface area contributed by atoms with E-state index in [0.29, 0.717) is 0 Å². The number of ketones is 1. The van der Waals surface area contributed by atoms with Gasteiger partial charge in [0.25, 0.3) is 0 Å². The maximum absolute atomic E-state index is 12.9. The van der Waals surface area contributed by atoms with Gasteiger partial charge in [-0.25, -0.2) is 0 Å². The number of hydrogen-bond donors (Lipinski definition) is 12. The van der Waals surface area contributed by atoms with Crippen molar-refractivity contribution in [1.29, 1.82) is 0 Å². The zero-order valence-corrected chi connectivity index (χ0v) is 37.8. The summed E-state index contributed by atoms with van der Waals surface area (Å²) in [6.07, 6.45) is 0.848. The van der Waals surface area contributed by atoms with E-state index >= 15 is 0 Å². The van der Waals surface area contributed by atoms with Crippen LogP contribution in [0, 0.1) is 17.8 Å². The maximum Gasteiger partial charge on any atom is 0.311 e. The van der Waals surface area contributed by atoms with E-state index < -0.39 is 147 Å². The predicted octanol–water partition coefficient (Wildman–Crippen LogP) is 0.778. The summed E-state index contributed by atoms with van der Waals surface area (Å²) >= 11 is 0. The lowest BCUT2D eigenvalue weighted by Crippen LogP contribution is -2.61. The number of rotatable bonds is 3. The van der Waals surface area contributed by atoms with E-state index in [1.54, 1.807) is 44.2 Å². The second-order valence-corrected chi connectivity index (χ2v) is 17.4. The van der Waals surface area contributed by atoms with Crippen LogP contribution in [0.1, 0.15) is 91.9 Å². The molecule has 0 unspecified atom stereocenters. The monoisotopic (exact) mass is 926 g/mol. The third-order valence-electron chi connectivity index (χ3n) is 11.7. The van der Waals surface area contributed by atoms with Gasteiger partial charge in [0, 0.05) is 31.1 Å². The van der Waals surface area contributed by atoms with Gasteiger partial charge in [0.15, 0.2) is 6.29 Å². The second kappa shape index (κ2) is 30.0. The number of esters is 1. The summed E-state index contributed by atoms with van der Waals surface area (Å²) < 4.78 is 17.0. The number of carboxylic acid groups (broad SMARTS) is 1. The molecule has 0 radical (unpaired) electrons. The highest BCUT2D eigenvalue weighted by atomic mass is 16.7. The molecule has 0 aromatic rings. The molecule has 18 atom stereocenters. The first-order valence-corrected chi connectivity index (χ1v) is 22.4. The Morgan fingerprint density at radius 2 is 1.18 bits per heavy atom. The average Bonchev–Trinajstić information content (AvgIpc) is 3.22. The molecule has 2 aliphatic heterocycles. The SMILES string of the molecule is C[C@H]1[C@@H](O)[C@H](C)/C=C\C=C/CC\C=C/C=C\C=C/C=C\[C@H](O[C@@H]2O[C@H](C)[C@@H](O)[C@H](N)[C@@H]2O)C[C@H](O)[C@H](C(=O)O)[C@H](O)CC(=O)C[C@H](O)[C@H](O)CC[C@H](O)C[C@H](O)C[C@H](O)CC(=O)O[C@@H]1C. The highest BCUT2D eigenvalue weighted by molar-refractivity contribution is 5.81. The zero-order chi connectivity index (χ0) is 48.8. The molecule has 13 N–H and O–H groups in total. The van der Waals surface area contributed by atoms with Crippen LogP contribution in [-0.2, 0) is 28.6 Å². The third-order valence-corrected chi connectivity index (χ3v) is 11.7. The minimum absolute atomic E-state index is 0.144. The van der Waals surface area contributed by atoms with E-state index in [1.807, 2.05) is 43.4 Å². The highest BCUT2D eigenvalue weighted by Gasteiger charge is 2.43. The second-order valence-electron chi connectivity index (χ2n) is 17.4. The van der Waals surface area contributed by atoms with Crippen molar-refractivity contribution in [3.63, 3.8) is 0 Å². The third kappa shape index (κ3) is 21.4. The van der Waals surface area contributed by atoms with Gasteiger partial charge < -0.3 is 76.1 Å². The van der Waals surface area contributed by atoms with Crippen LogP contribution < -0.4 is 5.73 Å². The predicted molar refractivity (Wildman–Crippen MR) is 238 cm³/mol. The minimum atomic E-state index is -1.95. The average molecular weight is 926 g/mol. The zero-order valence-electron chi connectivity index (χ0n) is 37.8. The summed E-state index contributed by atoms with van der Waals surface area (Å²) in [5.74, 6) is -5.88. The Hall–Kier alpha value is -3.47. The number of carbonyl (C=O) groups is 3. The van der Waals surface area contributed by atoms with Gasteiger partial charge >= 0.3 is 11.9 Å². The number of hydrogen-bond acceptors (Lipinski definition) is 17. The molecule has 0 aromatic carbocycles. The molecule has 0 spiro atoms. The van der Waals surface area contributed by atoms with Gasteiger partial charge in [-0.15, -0.1) is 0 Å². The Bertz CT molecular complexity index is 1600. The molecule has 18 heteroatoms. The summed E-state index contributed by atoms with van der Waals surface area (Å²) in [5.41, 5.74) is 5.96. The van der Waals surface area contributed by atoms with Crippen molar-refractivity contribution in [2.75, 3.05) is 0 Å². The molecule has 1 fully saturated rings. The quantitative estimate of drug-likeness (QED) is 0.174. The molecule has 0 amide bonds. The van der Waals surface area contributed by atoms with Crippen LogP contribution in [0.15, 0.2) is 72.9 Å². The van der Waals surface area contributed by atoms with Gasteiger partial charge in [-0.1, -0.05) is 86.8 Å². The van der Waals surface area contributed by atoms with Crippen LogP contribution in [0.2, 0.25) is 0 Å². The van der Waals surface area contributed by atoms with Crippen molar-refractivity contribution in [3.8, 4) is 0 Å². The lowest BCUT2D eigenvalue weighted by atomic mass is 9.88. The molecular formula is C47H75NO17. The Morgan fingerprint density at radius 3 is 1.83 bits per heavy atom. The van der Waals surface area contributed by atoms with E-state index in [2.05, 4.69) is 0 Å². The lowest BCUT2D eigenvalue weighted by Gasteiger charge is -2.41. The topological polar surface area (TPSA) is 327 Å². The molecule has 2 heterocycles. The van der Waals surface area contributed by atoms with Gasteiger partial charge in [0.05, 0.1) is 79.6 Å². The fourth-order valence-electron chi connectivity index (χ4n) is 7.45. The van der Waals surface area contributed by atoms with Crippen LogP contribution in [0.25, 0.3) is 0 Å². The Kier molecular flexibility index (Phi) is 26.6. The number of aliphatic carboxylic acids is 1. The normalized spacial score (nSPS) is 42.5. The number of nitrogens with two attached hydrogens (primary N) is 1. The van der Waals surface area contributed by atoms with E-state index in [9.17, 15) is 70.6 Å². The van der Waals surface area contributed by atoms with Gasteiger partial charge in [0.2, 0.25) is 0 Å². The van der Waals surface area contributed by atoms with Crippen molar-refractivity contribution in [3.05, 3.63) is 72.9 Å². The van der Waals surface area contributed by atoms with E-state index in [4.69, 9.17) is 19.9 Å². The summed E-state index contributed by atoms with van der Waals surface area (Å²) in [6, 6.07) is -1.15. The first-order valence-electron chi connectivity index (χ1n) is 22.4. The maximum atomic E-state index is 12.9. The summed E-state index contributed by atoms with van der Waals surface area (Å²) in [4.78, 5) is 37.8. The van der Waals surface area contributed by atoms with Crippen molar-refractivity contribution in [2.24, 2.45) is 23.5 Å². The molecule has 0 bridgehead atoms. The van der Waals surface area contributed by atoms with Gasteiger partial charge in [-0.3, -0.25) is 14.4 Å². The van der Waals surface area contributed by atoms with Gasteiger partial charge in [-0.05, 0) is 52.4 Å². The summed E-state index contributed by atoms with van der Waals surface area (Å²) in [6.45, 7) is 6.73. The van der Waals surface area contributed by atoms with Crippen molar-refractivity contribution in [1.82, 2.24) is 0 Å². The van der Waals surface area contributed by atoms with Crippen LogP contribution in [0.4, 0.5) is 0 Å². The van der Waals surface area contributed by atoms with E-state index in [0.717, 1.165) is 12.8 Å². The number of allylic oxidation sites excluding steroid dienone is 10. The largest absolute Gasteiger partial charge is 0.481 e. The molecule has 0 saturated carbocycles. The summed E-state index contributed by atoms with van der Waals surface area (Å²) in [5, 5.41) is 116. The number of aliphatic hydroxyl groups excluding tert-OH is 10. The smallest absolute Gasteiger partial charge is 0.311 e. The van der Waals surface area contributed by atoms with E-state index in [-0.39, 0.29) is 31.6 Å². The van der Waals surface area contributed by atoms with Crippen LogP contribution in [0.3, 0.4) is 0 Å². The van der Waals surface area contributed by atoms with Crippen LogP contribution in [-0.4, -0.2) is 166 Å². The number of aliphatic hydroxyl groups is 10. The fraction of sp³-hybridized carbons (Fsp3) is 0.681. The van der Waals surface area contributed by atoms with Crippen molar-refractivity contribution >= 4 is 17.7 Å². The molecule has 18 nitrogen and oxygen atoms in total. The Morgan fingerprint density at radius 1 is 0.615 bits per heavy atom. The molecule has 0 aliphatic carbocycles.